The molecule has 1 aliphatic carbocycles. The van der Waals surface area contributed by atoms with Gasteiger partial charge in [0.2, 0.25) is 5.78 Å². The third-order valence-electron chi connectivity index (χ3n) is 5.11. The summed E-state index contributed by atoms with van der Waals surface area (Å²) in [6.45, 7) is 7.59. The molecule has 176 valence electrons. The molecule has 0 aliphatic heterocycles. The summed E-state index contributed by atoms with van der Waals surface area (Å²) >= 11 is 0. The summed E-state index contributed by atoms with van der Waals surface area (Å²) in [5.74, 6) is -0.569. The third-order valence-corrected chi connectivity index (χ3v) is 5.11. The Morgan fingerprint density at radius 1 is 0.903 bits per heavy atom. The van der Waals surface area contributed by atoms with Gasteiger partial charge in [-0.2, -0.15) is 0 Å². The molecule has 0 fully saturated rings. The molecule has 0 radical (unpaired) electrons. The van der Waals surface area contributed by atoms with Gasteiger partial charge in [0.15, 0.2) is 5.60 Å². The fourth-order valence-corrected chi connectivity index (χ4v) is 3.61. The van der Waals surface area contributed by atoms with E-state index >= 15 is 0 Å². The van der Waals surface area contributed by atoms with Crippen LogP contribution in [-0.4, -0.2) is 35.6 Å². The van der Waals surface area contributed by atoms with Crippen molar-refractivity contribution in [1.82, 2.24) is 5.32 Å². The number of esters is 1. The number of hydrogen-bond acceptors (Lipinski definition) is 5. The molecule has 0 saturated heterocycles. The maximum absolute atomic E-state index is 12.2. The summed E-state index contributed by atoms with van der Waals surface area (Å²) < 4.78 is 10.6. The van der Waals surface area contributed by atoms with Crippen LogP contribution in [0.4, 0.5) is 4.79 Å². The zero-order valence-electron chi connectivity index (χ0n) is 19.8. The van der Waals surface area contributed by atoms with Crippen molar-refractivity contribution >= 4 is 17.8 Å². The highest BCUT2D eigenvalue weighted by atomic mass is 16.6. The second-order valence-electron chi connectivity index (χ2n) is 9.28. The van der Waals surface area contributed by atoms with Gasteiger partial charge in [-0.05, 0) is 52.2 Å². The second-order valence-corrected chi connectivity index (χ2v) is 9.28. The van der Waals surface area contributed by atoms with Crippen LogP contribution in [0.2, 0.25) is 0 Å². The normalized spacial score (nSPS) is 18.1. The van der Waals surface area contributed by atoms with E-state index in [1.807, 2.05) is 20.8 Å². The first kappa shape index (κ1) is 26.9. The van der Waals surface area contributed by atoms with Gasteiger partial charge < -0.3 is 14.8 Å². The molecule has 0 spiro atoms. The highest BCUT2D eigenvalue weighted by Gasteiger charge is 2.37. The van der Waals surface area contributed by atoms with E-state index in [4.69, 9.17) is 9.47 Å². The van der Waals surface area contributed by atoms with E-state index in [2.05, 4.69) is 5.32 Å². The first-order valence-electron chi connectivity index (χ1n) is 11.7. The Kier molecular flexibility index (Phi) is 12.2. The van der Waals surface area contributed by atoms with Crippen LogP contribution in [0.1, 0.15) is 98.3 Å². The van der Waals surface area contributed by atoms with Crippen LogP contribution in [0.5, 0.6) is 0 Å². The Balaban J connectivity index is 1.99. The molecular weight excluding hydrogens is 394 g/mol. The molecule has 0 heterocycles. The lowest BCUT2D eigenvalue weighted by atomic mass is 9.87. The molecule has 31 heavy (non-hydrogen) atoms. The molecule has 1 unspecified atom stereocenters. The highest BCUT2D eigenvalue weighted by Crippen LogP contribution is 2.27. The smallest absolute Gasteiger partial charge is 0.407 e. The number of allylic oxidation sites excluding steroid dienone is 2. The number of ketones is 1. The molecule has 0 aromatic heterocycles. The van der Waals surface area contributed by atoms with E-state index in [0.29, 0.717) is 13.0 Å². The van der Waals surface area contributed by atoms with Crippen LogP contribution in [0, 0.1) is 0 Å². The van der Waals surface area contributed by atoms with Gasteiger partial charge >= 0.3 is 12.1 Å². The molecule has 1 atom stereocenters. The van der Waals surface area contributed by atoms with E-state index in [9.17, 15) is 14.4 Å². The number of nitrogens with one attached hydrogen (secondary N) is 1. The van der Waals surface area contributed by atoms with Crippen molar-refractivity contribution in [3.8, 4) is 0 Å². The molecule has 1 aliphatic rings. The van der Waals surface area contributed by atoms with Gasteiger partial charge in [-0.25, -0.2) is 4.79 Å². The minimum absolute atomic E-state index is 0.147. The van der Waals surface area contributed by atoms with Crippen LogP contribution >= 0.6 is 0 Å². The molecule has 0 saturated carbocycles. The molecule has 1 amide bonds. The molecule has 6 nitrogen and oxygen atoms in total. The number of carbonyl (C=O) groups excluding carboxylic acids is 3. The van der Waals surface area contributed by atoms with Crippen molar-refractivity contribution < 1.29 is 23.9 Å². The minimum Gasteiger partial charge on any atom is -0.447 e. The zero-order chi connectivity index (χ0) is 23.2. The lowest BCUT2D eigenvalue weighted by molar-refractivity contribution is -0.159. The van der Waals surface area contributed by atoms with E-state index < -0.39 is 17.2 Å². The highest BCUT2D eigenvalue weighted by molar-refractivity contribution is 6.01. The number of alkyl carbamates (subject to hydrolysis) is 1. The SMILES string of the molecule is CC(=O)OC1(CCCCCCCCCCCCNC(=O)OC(C)(C)C)C=CC=CC1=O. The standard InChI is InChI=1S/C25H41NO5/c1-21(27)30-25(19-15-13-17-22(25)28)18-14-11-9-7-5-6-8-10-12-16-20-26-23(29)31-24(2,3)4/h13,15,17,19H,5-12,14,16,18,20H2,1-4H3,(H,26,29). The van der Waals surface area contributed by atoms with E-state index in [1.54, 1.807) is 18.2 Å². The van der Waals surface area contributed by atoms with Crippen LogP contribution in [0.15, 0.2) is 24.3 Å². The van der Waals surface area contributed by atoms with E-state index in [1.165, 1.54) is 45.1 Å². The van der Waals surface area contributed by atoms with Crippen molar-refractivity contribution in [2.45, 2.75) is 110 Å². The number of rotatable bonds is 14. The zero-order valence-corrected chi connectivity index (χ0v) is 19.8. The van der Waals surface area contributed by atoms with Gasteiger partial charge in [0.1, 0.15) is 5.60 Å². The number of hydrogen-bond donors (Lipinski definition) is 1. The summed E-state index contributed by atoms with van der Waals surface area (Å²) in [5, 5.41) is 2.79. The molecule has 1 rings (SSSR count). The minimum atomic E-state index is -1.10. The number of carbonyl (C=O) groups is 3. The predicted octanol–water partition coefficient (Wildman–Crippen LogP) is 5.80. The van der Waals surface area contributed by atoms with Crippen LogP contribution in [0.25, 0.3) is 0 Å². The maximum atomic E-state index is 12.2. The second kappa shape index (κ2) is 14.0. The van der Waals surface area contributed by atoms with Gasteiger partial charge in [0.25, 0.3) is 0 Å². The van der Waals surface area contributed by atoms with Crippen molar-refractivity contribution in [2.75, 3.05) is 6.54 Å². The average Bonchev–Trinajstić information content (AvgIpc) is 2.66. The first-order chi connectivity index (χ1) is 14.6. The molecule has 1 N–H and O–H groups in total. The van der Waals surface area contributed by atoms with E-state index in [0.717, 1.165) is 32.1 Å². The summed E-state index contributed by atoms with van der Waals surface area (Å²) in [4.78, 5) is 35.2. The lowest BCUT2D eigenvalue weighted by Crippen LogP contribution is -2.41. The van der Waals surface area contributed by atoms with Crippen molar-refractivity contribution in [3.05, 3.63) is 24.3 Å². The summed E-state index contributed by atoms with van der Waals surface area (Å²) in [7, 11) is 0. The van der Waals surface area contributed by atoms with Crippen LogP contribution in [-0.2, 0) is 19.1 Å². The lowest BCUT2D eigenvalue weighted by Gasteiger charge is -2.29. The number of ether oxygens (including phenoxy) is 2. The Morgan fingerprint density at radius 3 is 1.97 bits per heavy atom. The fraction of sp³-hybridized carbons (Fsp3) is 0.720. The fourth-order valence-electron chi connectivity index (χ4n) is 3.61. The molecule has 0 bridgehead atoms. The third kappa shape index (κ3) is 12.4. The number of unbranched alkanes of at least 4 members (excludes halogenated alkanes) is 9. The van der Waals surface area contributed by atoms with Gasteiger partial charge in [-0.3, -0.25) is 9.59 Å². The predicted molar refractivity (Wildman–Crippen MR) is 123 cm³/mol. The number of amides is 1. The van der Waals surface area contributed by atoms with Gasteiger partial charge in [-0.1, -0.05) is 63.5 Å². The van der Waals surface area contributed by atoms with Gasteiger partial charge in [0, 0.05) is 13.5 Å². The largest absolute Gasteiger partial charge is 0.447 e. The maximum Gasteiger partial charge on any atom is 0.407 e. The summed E-state index contributed by atoms with van der Waals surface area (Å²) in [6.07, 6.45) is 18.0. The summed E-state index contributed by atoms with van der Waals surface area (Å²) in [5.41, 5.74) is -1.55. The Bertz CT molecular complexity index is 632. The van der Waals surface area contributed by atoms with Crippen molar-refractivity contribution in [1.29, 1.82) is 0 Å². The van der Waals surface area contributed by atoms with Crippen molar-refractivity contribution in [3.63, 3.8) is 0 Å². The molecule has 6 heteroatoms. The topological polar surface area (TPSA) is 81.7 Å². The molecular formula is C25H41NO5. The first-order valence-corrected chi connectivity index (χ1v) is 11.7. The van der Waals surface area contributed by atoms with Crippen LogP contribution < -0.4 is 5.32 Å². The van der Waals surface area contributed by atoms with Crippen LogP contribution in [0.3, 0.4) is 0 Å². The molecule has 0 aromatic carbocycles. The Morgan fingerprint density at radius 2 is 1.45 bits per heavy atom. The molecule has 0 aromatic rings. The Hall–Kier alpha value is -2.11. The van der Waals surface area contributed by atoms with E-state index in [-0.39, 0.29) is 11.9 Å². The average molecular weight is 436 g/mol. The Labute approximate surface area is 187 Å². The van der Waals surface area contributed by atoms with Gasteiger partial charge in [0.05, 0.1) is 0 Å². The van der Waals surface area contributed by atoms with Gasteiger partial charge in [-0.15, -0.1) is 0 Å². The monoisotopic (exact) mass is 435 g/mol. The summed E-state index contributed by atoms with van der Waals surface area (Å²) in [6, 6.07) is 0. The quantitative estimate of drug-likeness (QED) is 0.275. The van der Waals surface area contributed by atoms with Crippen molar-refractivity contribution in [2.24, 2.45) is 0 Å².